The molecule has 0 saturated carbocycles. The number of nitrogens with two attached hydrogens (primary N) is 1. The Morgan fingerprint density at radius 2 is 2.50 bits per heavy atom. The molecule has 5 heteroatoms. The molecule has 2 rings (SSSR count). The number of aryl methyl sites for hydroxylation is 1. The minimum Gasteiger partial charge on any atom is -0.328 e. The fraction of sp³-hybridized carbons (Fsp3) is 0.333. The van der Waals surface area contributed by atoms with E-state index < -0.39 is 0 Å². The summed E-state index contributed by atoms with van der Waals surface area (Å²) >= 11 is 1.71. The van der Waals surface area contributed by atoms with Gasteiger partial charge >= 0.3 is 0 Å². The van der Waals surface area contributed by atoms with Crippen molar-refractivity contribution in [2.75, 3.05) is 6.54 Å². The number of nitrogens with zero attached hydrogens (tertiary/aromatic N) is 3. The Morgan fingerprint density at radius 3 is 3.00 bits per heavy atom. The average Bonchev–Trinajstić information content (AvgIpc) is 2.80. The van der Waals surface area contributed by atoms with Gasteiger partial charge in [0.05, 0.1) is 0 Å². The number of thiophene rings is 1. The molecule has 0 amide bonds. The first-order valence-electron chi connectivity index (χ1n) is 4.41. The summed E-state index contributed by atoms with van der Waals surface area (Å²) in [6.45, 7) is 2.64. The predicted octanol–water partition coefficient (Wildman–Crippen LogP) is 1.20. The fourth-order valence-corrected chi connectivity index (χ4v) is 2.47. The number of hydrogen-bond donors (Lipinski definition) is 1. The minimum atomic E-state index is 0.123. The summed E-state index contributed by atoms with van der Waals surface area (Å²) in [5.74, 6) is 0. The second-order valence-electron chi connectivity index (χ2n) is 3.09. The highest BCUT2D eigenvalue weighted by Gasteiger charge is 2.15. The first kappa shape index (κ1) is 9.36. The molecule has 4 nitrogen and oxygen atoms in total. The van der Waals surface area contributed by atoms with Gasteiger partial charge in [0.1, 0.15) is 18.7 Å². The van der Waals surface area contributed by atoms with E-state index in [0.717, 1.165) is 0 Å². The van der Waals surface area contributed by atoms with Crippen molar-refractivity contribution in [3.8, 4) is 0 Å². The van der Waals surface area contributed by atoms with E-state index in [1.165, 1.54) is 16.8 Å². The smallest absolute Gasteiger partial charge is 0.137 e. The minimum absolute atomic E-state index is 0.123. The summed E-state index contributed by atoms with van der Waals surface area (Å²) in [6, 6.07) is 2.22. The summed E-state index contributed by atoms with van der Waals surface area (Å²) in [7, 11) is 0. The van der Waals surface area contributed by atoms with E-state index in [2.05, 4.69) is 28.5 Å². The molecular weight excluding hydrogens is 196 g/mol. The lowest BCUT2D eigenvalue weighted by atomic mass is 10.2. The van der Waals surface area contributed by atoms with Gasteiger partial charge in [0.2, 0.25) is 0 Å². The molecule has 0 spiro atoms. The molecule has 0 radical (unpaired) electrons. The predicted molar refractivity (Wildman–Crippen MR) is 56.3 cm³/mol. The number of rotatable bonds is 3. The van der Waals surface area contributed by atoms with Crippen LogP contribution < -0.4 is 5.73 Å². The van der Waals surface area contributed by atoms with Gasteiger partial charge in [-0.15, -0.1) is 11.3 Å². The maximum atomic E-state index is 5.74. The van der Waals surface area contributed by atoms with E-state index in [-0.39, 0.29) is 6.04 Å². The number of aromatic nitrogens is 3. The normalized spacial score (nSPS) is 13.0. The van der Waals surface area contributed by atoms with Crippen LogP contribution >= 0.6 is 11.3 Å². The molecule has 0 aliphatic heterocycles. The summed E-state index contributed by atoms with van der Waals surface area (Å²) in [4.78, 5) is 5.19. The van der Waals surface area contributed by atoms with Crippen LogP contribution in [0.25, 0.3) is 0 Å². The van der Waals surface area contributed by atoms with Crippen molar-refractivity contribution in [2.24, 2.45) is 5.73 Å². The van der Waals surface area contributed by atoms with Crippen LogP contribution in [-0.4, -0.2) is 21.3 Å². The van der Waals surface area contributed by atoms with E-state index in [0.29, 0.717) is 6.54 Å². The lowest BCUT2D eigenvalue weighted by Crippen LogP contribution is -2.20. The lowest BCUT2D eigenvalue weighted by molar-refractivity contribution is 0.536. The average molecular weight is 208 g/mol. The summed E-state index contributed by atoms with van der Waals surface area (Å²) < 4.78 is 1.80. The number of hydrogen-bond acceptors (Lipinski definition) is 4. The van der Waals surface area contributed by atoms with E-state index >= 15 is 0 Å². The van der Waals surface area contributed by atoms with Crippen molar-refractivity contribution in [1.29, 1.82) is 0 Å². The van der Waals surface area contributed by atoms with Gasteiger partial charge in [0, 0.05) is 11.4 Å². The summed E-state index contributed by atoms with van der Waals surface area (Å²) in [6.07, 6.45) is 3.24. The molecule has 0 saturated heterocycles. The Kier molecular flexibility index (Phi) is 2.60. The zero-order valence-corrected chi connectivity index (χ0v) is 8.74. The van der Waals surface area contributed by atoms with Gasteiger partial charge in [-0.1, -0.05) is 0 Å². The zero-order valence-electron chi connectivity index (χ0n) is 7.92. The maximum absolute atomic E-state index is 5.74. The molecule has 14 heavy (non-hydrogen) atoms. The van der Waals surface area contributed by atoms with Gasteiger partial charge in [0.25, 0.3) is 0 Å². The van der Waals surface area contributed by atoms with Crippen molar-refractivity contribution in [3.05, 3.63) is 34.5 Å². The van der Waals surface area contributed by atoms with Crippen LogP contribution in [-0.2, 0) is 0 Å². The molecule has 0 fully saturated rings. The molecule has 1 unspecified atom stereocenters. The maximum Gasteiger partial charge on any atom is 0.137 e. The van der Waals surface area contributed by atoms with Crippen molar-refractivity contribution in [1.82, 2.24) is 14.8 Å². The molecule has 2 aromatic heterocycles. The summed E-state index contributed by atoms with van der Waals surface area (Å²) in [5, 5.41) is 6.19. The van der Waals surface area contributed by atoms with Crippen LogP contribution in [0.15, 0.2) is 24.1 Å². The first-order chi connectivity index (χ1) is 6.83. The van der Waals surface area contributed by atoms with Crippen molar-refractivity contribution in [2.45, 2.75) is 13.0 Å². The van der Waals surface area contributed by atoms with Crippen molar-refractivity contribution < 1.29 is 0 Å². The van der Waals surface area contributed by atoms with Crippen LogP contribution in [0.2, 0.25) is 0 Å². The third-order valence-electron chi connectivity index (χ3n) is 2.18. The van der Waals surface area contributed by atoms with Gasteiger partial charge in [0.15, 0.2) is 0 Å². The van der Waals surface area contributed by atoms with Crippen LogP contribution in [0.3, 0.4) is 0 Å². The molecule has 0 aliphatic rings. The third-order valence-corrected chi connectivity index (χ3v) is 3.30. The molecule has 0 bridgehead atoms. The fourth-order valence-electron chi connectivity index (χ4n) is 1.44. The molecule has 0 aliphatic carbocycles. The van der Waals surface area contributed by atoms with Crippen LogP contribution in [0.1, 0.15) is 16.5 Å². The van der Waals surface area contributed by atoms with E-state index in [9.17, 15) is 0 Å². The lowest BCUT2D eigenvalue weighted by Gasteiger charge is -2.13. The Labute approximate surface area is 86.4 Å². The largest absolute Gasteiger partial charge is 0.328 e. The molecular formula is C9H12N4S. The van der Waals surface area contributed by atoms with Crippen LogP contribution in [0.5, 0.6) is 0 Å². The quantitative estimate of drug-likeness (QED) is 0.824. The van der Waals surface area contributed by atoms with Crippen LogP contribution in [0.4, 0.5) is 0 Å². The highest BCUT2D eigenvalue weighted by Crippen LogP contribution is 2.25. The van der Waals surface area contributed by atoms with Gasteiger partial charge in [-0.2, -0.15) is 5.10 Å². The highest BCUT2D eigenvalue weighted by atomic mass is 32.1. The standard InChI is InChI=1S/C9H12N4S/c1-7-2-3-14-9(7)8(4-10)13-6-11-5-12-13/h2-3,5-6,8H,4,10H2,1H3. The zero-order chi connectivity index (χ0) is 9.97. The van der Waals surface area contributed by atoms with Gasteiger partial charge in [-0.05, 0) is 23.9 Å². The Bertz CT molecular complexity index is 393. The molecule has 74 valence electrons. The second kappa shape index (κ2) is 3.89. The molecule has 2 N–H and O–H groups in total. The van der Waals surface area contributed by atoms with Gasteiger partial charge in [-0.25, -0.2) is 9.67 Å². The Balaban J connectivity index is 2.36. The Hall–Kier alpha value is -1.20. The molecule has 1 atom stereocenters. The Morgan fingerprint density at radius 1 is 1.64 bits per heavy atom. The first-order valence-corrected chi connectivity index (χ1v) is 5.29. The van der Waals surface area contributed by atoms with Crippen LogP contribution in [0, 0.1) is 6.92 Å². The molecule has 0 aromatic carbocycles. The van der Waals surface area contributed by atoms with Gasteiger partial charge in [-0.3, -0.25) is 0 Å². The molecule has 2 aromatic rings. The van der Waals surface area contributed by atoms with Crippen molar-refractivity contribution >= 4 is 11.3 Å². The summed E-state index contributed by atoms with van der Waals surface area (Å²) in [5.41, 5.74) is 7.01. The van der Waals surface area contributed by atoms with E-state index in [1.54, 1.807) is 22.3 Å². The topological polar surface area (TPSA) is 56.7 Å². The van der Waals surface area contributed by atoms with E-state index in [1.807, 2.05) is 0 Å². The third kappa shape index (κ3) is 1.56. The highest BCUT2D eigenvalue weighted by molar-refractivity contribution is 7.10. The monoisotopic (exact) mass is 208 g/mol. The van der Waals surface area contributed by atoms with Crippen molar-refractivity contribution in [3.63, 3.8) is 0 Å². The second-order valence-corrected chi connectivity index (χ2v) is 4.04. The van der Waals surface area contributed by atoms with E-state index in [4.69, 9.17) is 5.73 Å². The molecule has 2 heterocycles. The van der Waals surface area contributed by atoms with Gasteiger partial charge < -0.3 is 5.73 Å². The SMILES string of the molecule is Cc1ccsc1C(CN)n1cncn1.